The van der Waals surface area contributed by atoms with Crippen molar-refractivity contribution in [2.24, 2.45) is 7.05 Å². The van der Waals surface area contributed by atoms with Crippen LogP contribution in [0.4, 0.5) is 26.0 Å². The number of alkyl halides is 2. The Bertz CT molecular complexity index is 1180. The number of amides is 1. The van der Waals surface area contributed by atoms with Gasteiger partial charge < -0.3 is 10.6 Å². The van der Waals surface area contributed by atoms with E-state index in [2.05, 4.69) is 25.9 Å². The Labute approximate surface area is 164 Å². The summed E-state index contributed by atoms with van der Waals surface area (Å²) in [5, 5.41) is 13.4. The molecule has 1 aromatic carbocycles. The number of aromatic nitrogens is 5. The number of fused-ring (bicyclic) bond motifs is 1. The van der Waals surface area contributed by atoms with Gasteiger partial charge in [-0.2, -0.15) is 8.78 Å². The first-order valence-corrected chi connectivity index (χ1v) is 8.71. The van der Waals surface area contributed by atoms with Crippen molar-refractivity contribution in [3.8, 4) is 0 Å². The third kappa shape index (κ3) is 3.91. The summed E-state index contributed by atoms with van der Waals surface area (Å²) in [6.07, 6.45) is 2.83. The lowest BCUT2D eigenvalue weighted by atomic mass is 10.2. The van der Waals surface area contributed by atoms with Crippen LogP contribution in [0.5, 0.6) is 0 Å². The monoisotopic (exact) mass is 397 g/mol. The summed E-state index contributed by atoms with van der Waals surface area (Å²) in [5.74, 6) is -2.80. The van der Waals surface area contributed by atoms with Gasteiger partial charge in [0.15, 0.2) is 5.69 Å². The second-order valence-electron chi connectivity index (χ2n) is 6.59. The SMILES string of the molecule is Cn1cc(C(=O)Nc2ccc(Nc3cccc4nc(C(C)(F)F)cn34)cc2)nn1. The minimum atomic E-state index is -3.02. The molecule has 3 aromatic heterocycles. The number of anilines is 3. The first kappa shape index (κ1) is 18.5. The third-order valence-electron chi connectivity index (χ3n) is 4.19. The number of benzene rings is 1. The number of nitrogens with zero attached hydrogens (tertiary/aromatic N) is 5. The van der Waals surface area contributed by atoms with Crippen LogP contribution in [0.25, 0.3) is 5.65 Å². The predicted octanol–water partition coefficient (Wildman–Crippen LogP) is 3.57. The fraction of sp³-hybridized carbons (Fsp3) is 0.158. The van der Waals surface area contributed by atoms with Crippen molar-refractivity contribution in [1.82, 2.24) is 24.4 Å². The molecule has 0 aliphatic heterocycles. The smallest absolute Gasteiger partial charge is 0.288 e. The van der Waals surface area contributed by atoms with Gasteiger partial charge in [0.05, 0.1) is 6.20 Å². The number of rotatable bonds is 5. The van der Waals surface area contributed by atoms with E-state index in [0.717, 1.165) is 6.92 Å². The van der Waals surface area contributed by atoms with Crippen LogP contribution in [0, 0.1) is 0 Å². The van der Waals surface area contributed by atoms with E-state index in [-0.39, 0.29) is 17.3 Å². The number of nitrogens with one attached hydrogen (secondary N) is 2. The molecule has 0 radical (unpaired) electrons. The van der Waals surface area contributed by atoms with Gasteiger partial charge in [-0.25, -0.2) is 4.98 Å². The van der Waals surface area contributed by atoms with Gasteiger partial charge in [-0.05, 0) is 36.4 Å². The van der Waals surface area contributed by atoms with E-state index in [1.807, 2.05) is 0 Å². The van der Waals surface area contributed by atoms with E-state index in [9.17, 15) is 13.6 Å². The fourth-order valence-corrected chi connectivity index (χ4v) is 2.76. The Kier molecular flexibility index (Phi) is 4.45. The predicted molar refractivity (Wildman–Crippen MR) is 103 cm³/mol. The topological polar surface area (TPSA) is 89.1 Å². The van der Waals surface area contributed by atoms with E-state index >= 15 is 0 Å². The molecular weight excluding hydrogens is 380 g/mol. The molecule has 10 heteroatoms. The van der Waals surface area contributed by atoms with Crippen molar-refractivity contribution in [1.29, 1.82) is 0 Å². The Hall–Kier alpha value is -3.82. The van der Waals surface area contributed by atoms with Crippen molar-refractivity contribution in [3.63, 3.8) is 0 Å². The lowest BCUT2D eigenvalue weighted by molar-refractivity contribution is 0.0133. The molecule has 0 aliphatic carbocycles. The Morgan fingerprint density at radius 3 is 2.45 bits per heavy atom. The molecule has 0 atom stereocenters. The van der Waals surface area contributed by atoms with Crippen LogP contribution in [-0.2, 0) is 13.0 Å². The molecule has 29 heavy (non-hydrogen) atoms. The summed E-state index contributed by atoms with van der Waals surface area (Å²) in [6, 6.07) is 12.1. The van der Waals surface area contributed by atoms with Crippen molar-refractivity contribution in [2.45, 2.75) is 12.8 Å². The maximum absolute atomic E-state index is 13.6. The lowest BCUT2D eigenvalue weighted by Crippen LogP contribution is -2.12. The largest absolute Gasteiger partial charge is 0.341 e. The van der Waals surface area contributed by atoms with Gasteiger partial charge in [0.25, 0.3) is 11.8 Å². The molecule has 0 saturated carbocycles. The number of halogens is 2. The number of imidazole rings is 1. The molecule has 4 rings (SSSR count). The Balaban J connectivity index is 1.52. The highest BCUT2D eigenvalue weighted by molar-refractivity contribution is 6.02. The molecule has 0 aliphatic rings. The maximum atomic E-state index is 13.6. The van der Waals surface area contributed by atoms with E-state index in [4.69, 9.17) is 0 Å². The van der Waals surface area contributed by atoms with Gasteiger partial charge in [-0.3, -0.25) is 13.9 Å². The van der Waals surface area contributed by atoms with Gasteiger partial charge in [0.1, 0.15) is 17.2 Å². The fourth-order valence-electron chi connectivity index (χ4n) is 2.76. The minimum Gasteiger partial charge on any atom is -0.341 e. The Morgan fingerprint density at radius 2 is 1.79 bits per heavy atom. The summed E-state index contributed by atoms with van der Waals surface area (Å²) >= 11 is 0. The van der Waals surface area contributed by atoms with Gasteiger partial charge >= 0.3 is 0 Å². The highest BCUT2D eigenvalue weighted by atomic mass is 19.3. The molecule has 8 nitrogen and oxygen atoms in total. The van der Waals surface area contributed by atoms with Gasteiger partial charge in [0.2, 0.25) is 0 Å². The van der Waals surface area contributed by atoms with E-state index in [1.165, 1.54) is 17.1 Å². The van der Waals surface area contributed by atoms with Crippen LogP contribution in [0.2, 0.25) is 0 Å². The zero-order valence-electron chi connectivity index (χ0n) is 15.6. The van der Waals surface area contributed by atoms with Crippen molar-refractivity contribution >= 4 is 28.7 Å². The normalized spacial score (nSPS) is 11.6. The van der Waals surface area contributed by atoms with Gasteiger partial charge in [0, 0.05) is 31.5 Å². The number of pyridine rings is 1. The van der Waals surface area contributed by atoms with E-state index in [0.29, 0.717) is 22.8 Å². The van der Waals surface area contributed by atoms with Gasteiger partial charge in [-0.1, -0.05) is 11.3 Å². The first-order valence-electron chi connectivity index (χ1n) is 8.71. The van der Waals surface area contributed by atoms with E-state index in [1.54, 1.807) is 53.9 Å². The number of hydrogen-bond donors (Lipinski definition) is 2. The summed E-state index contributed by atoms with van der Waals surface area (Å²) in [5.41, 5.74) is 1.63. The van der Waals surface area contributed by atoms with Crippen molar-refractivity contribution in [2.75, 3.05) is 10.6 Å². The Morgan fingerprint density at radius 1 is 1.07 bits per heavy atom. The lowest BCUT2D eigenvalue weighted by Gasteiger charge is -2.10. The first-order chi connectivity index (χ1) is 13.8. The highest BCUT2D eigenvalue weighted by Crippen LogP contribution is 2.28. The number of hydrogen-bond acceptors (Lipinski definition) is 5. The molecule has 0 unspecified atom stereocenters. The maximum Gasteiger partial charge on any atom is 0.288 e. The van der Waals surface area contributed by atoms with Crippen LogP contribution >= 0.6 is 0 Å². The second-order valence-corrected chi connectivity index (χ2v) is 6.59. The second kappa shape index (κ2) is 6.97. The van der Waals surface area contributed by atoms with Crippen LogP contribution in [0.3, 0.4) is 0 Å². The molecule has 1 amide bonds. The van der Waals surface area contributed by atoms with Crippen LogP contribution in [0.15, 0.2) is 54.9 Å². The van der Waals surface area contributed by atoms with Crippen LogP contribution in [-0.4, -0.2) is 30.3 Å². The molecule has 148 valence electrons. The van der Waals surface area contributed by atoms with Crippen molar-refractivity contribution < 1.29 is 13.6 Å². The average molecular weight is 397 g/mol. The molecular formula is C19H17F2N7O. The molecule has 0 spiro atoms. The number of aryl methyl sites for hydroxylation is 1. The average Bonchev–Trinajstić information content (AvgIpc) is 3.30. The highest BCUT2D eigenvalue weighted by Gasteiger charge is 2.28. The molecule has 2 N–H and O–H groups in total. The zero-order valence-corrected chi connectivity index (χ0v) is 15.6. The van der Waals surface area contributed by atoms with Crippen LogP contribution in [0.1, 0.15) is 23.1 Å². The molecule has 3 heterocycles. The molecule has 4 aromatic rings. The third-order valence-corrected chi connectivity index (χ3v) is 4.19. The number of carbonyl (C=O) groups excluding carboxylic acids is 1. The molecule has 0 saturated heterocycles. The quantitative estimate of drug-likeness (QED) is 0.537. The summed E-state index contributed by atoms with van der Waals surface area (Å²) in [7, 11) is 1.68. The summed E-state index contributed by atoms with van der Waals surface area (Å²) < 4.78 is 30.2. The number of carbonyl (C=O) groups is 1. The van der Waals surface area contributed by atoms with Crippen LogP contribution < -0.4 is 10.6 Å². The molecule has 0 fully saturated rings. The zero-order chi connectivity index (χ0) is 20.6. The minimum absolute atomic E-state index is 0.213. The van der Waals surface area contributed by atoms with E-state index < -0.39 is 5.92 Å². The molecule has 0 bridgehead atoms. The van der Waals surface area contributed by atoms with Crippen molar-refractivity contribution in [3.05, 3.63) is 66.2 Å². The summed E-state index contributed by atoms with van der Waals surface area (Å²) in [4.78, 5) is 16.1. The summed E-state index contributed by atoms with van der Waals surface area (Å²) in [6.45, 7) is 0.815. The standard InChI is InChI=1S/C19H17F2N7O/c1-19(20,21)15-11-28-16(4-3-5-17(28)24-15)22-12-6-8-13(9-7-12)23-18(29)14-10-27(2)26-25-14/h3-11,22H,1-2H3,(H,23,29). The van der Waals surface area contributed by atoms with Gasteiger partial charge in [-0.15, -0.1) is 5.10 Å².